The van der Waals surface area contributed by atoms with Crippen molar-refractivity contribution >= 4 is 16.7 Å². The molecule has 0 aliphatic rings. The smallest absolute Gasteiger partial charge is 0.274 e. The molecular formula is C14H10N2O4. The number of rotatable bonds is 3. The second-order valence-electron chi connectivity index (χ2n) is 4.33. The van der Waals surface area contributed by atoms with Gasteiger partial charge in [-0.15, -0.1) is 0 Å². The summed E-state index contributed by atoms with van der Waals surface area (Å²) in [6, 6.07) is 9.65. The number of aromatic nitrogens is 1. The predicted molar refractivity (Wildman–Crippen MR) is 72.7 cm³/mol. The fraction of sp³-hybridized carbons (Fsp3) is 0.0714. The molecule has 20 heavy (non-hydrogen) atoms. The van der Waals surface area contributed by atoms with Gasteiger partial charge in [0, 0.05) is 17.8 Å². The van der Waals surface area contributed by atoms with Crippen LogP contribution in [0, 0.1) is 10.1 Å². The Balaban J connectivity index is 2.08. The highest BCUT2D eigenvalue weighted by molar-refractivity contribution is 5.75. The van der Waals surface area contributed by atoms with Gasteiger partial charge in [0.2, 0.25) is 0 Å². The summed E-state index contributed by atoms with van der Waals surface area (Å²) < 4.78 is 6.58. The van der Waals surface area contributed by atoms with E-state index in [1.54, 1.807) is 36.5 Å². The Labute approximate surface area is 113 Å². The highest BCUT2D eigenvalue weighted by Gasteiger charge is 2.14. The number of para-hydroxylation sites is 1. The highest BCUT2D eigenvalue weighted by Crippen LogP contribution is 2.19. The van der Waals surface area contributed by atoms with Gasteiger partial charge in [0.25, 0.3) is 11.2 Å². The molecule has 100 valence electrons. The predicted octanol–water partition coefficient (Wildman–Crippen LogP) is 2.55. The fourth-order valence-corrected chi connectivity index (χ4v) is 2.14. The molecule has 0 fully saturated rings. The average Bonchev–Trinajstić information content (AvgIpc) is 2.91. The van der Waals surface area contributed by atoms with E-state index in [-0.39, 0.29) is 17.8 Å². The molecule has 0 bridgehead atoms. The molecule has 0 spiro atoms. The van der Waals surface area contributed by atoms with E-state index >= 15 is 0 Å². The molecule has 0 aliphatic carbocycles. The maximum Gasteiger partial charge on any atom is 0.274 e. The van der Waals surface area contributed by atoms with Crippen molar-refractivity contribution in [2.24, 2.45) is 0 Å². The maximum absolute atomic E-state index is 12.2. The molecule has 3 rings (SSSR count). The first-order valence-electron chi connectivity index (χ1n) is 5.96. The highest BCUT2D eigenvalue weighted by atomic mass is 16.6. The minimum absolute atomic E-state index is 0.00619. The first-order chi connectivity index (χ1) is 9.66. The molecule has 0 atom stereocenters. The molecular weight excluding hydrogens is 260 g/mol. The fourth-order valence-electron chi connectivity index (χ4n) is 2.14. The van der Waals surface area contributed by atoms with Gasteiger partial charge in [-0.05, 0) is 12.1 Å². The van der Waals surface area contributed by atoms with Gasteiger partial charge < -0.3 is 8.98 Å². The summed E-state index contributed by atoms with van der Waals surface area (Å²) in [6.45, 7) is 0.150. The molecule has 0 unspecified atom stereocenters. The number of nitrogens with zero attached hydrogens (tertiary/aromatic N) is 2. The van der Waals surface area contributed by atoms with E-state index in [4.69, 9.17) is 4.42 Å². The van der Waals surface area contributed by atoms with Crippen molar-refractivity contribution in [1.29, 1.82) is 0 Å². The van der Waals surface area contributed by atoms with Crippen molar-refractivity contribution in [3.05, 3.63) is 74.9 Å². The van der Waals surface area contributed by atoms with Crippen molar-refractivity contribution in [2.75, 3.05) is 0 Å². The molecule has 0 radical (unpaired) electrons. The largest absolute Gasteiger partial charge is 0.464 e. The number of benzene rings is 1. The van der Waals surface area contributed by atoms with Crippen molar-refractivity contribution in [2.45, 2.75) is 6.54 Å². The van der Waals surface area contributed by atoms with Crippen molar-refractivity contribution < 1.29 is 9.34 Å². The van der Waals surface area contributed by atoms with E-state index in [0.717, 1.165) is 0 Å². The van der Waals surface area contributed by atoms with Gasteiger partial charge in [-0.2, -0.15) is 0 Å². The van der Waals surface area contributed by atoms with Crippen LogP contribution in [-0.2, 0) is 6.54 Å². The zero-order valence-electron chi connectivity index (χ0n) is 10.4. The number of nitro benzene ring substituents is 1. The zero-order chi connectivity index (χ0) is 14.1. The van der Waals surface area contributed by atoms with E-state index in [1.165, 1.54) is 16.9 Å². The van der Waals surface area contributed by atoms with Crippen LogP contribution in [0.4, 0.5) is 5.69 Å². The van der Waals surface area contributed by atoms with Crippen LogP contribution in [-0.4, -0.2) is 9.49 Å². The lowest BCUT2D eigenvalue weighted by molar-refractivity contribution is -0.385. The Morgan fingerprint density at radius 3 is 2.80 bits per heavy atom. The third kappa shape index (κ3) is 1.97. The Bertz CT molecular complexity index is 848. The molecule has 0 aliphatic heterocycles. The molecule has 6 heteroatoms. The normalized spacial score (nSPS) is 10.8. The molecule has 1 aromatic carbocycles. The number of nitro groups is 1. The van der Waals surface area contributed by atoms with Crippen LogP contribution in [0.1, 0.15) is 5.56 Å². The van der Waals surface area contributed by atoms with Crippen molar-refractivity contribution in [3.63, 3.8) is 0 Å². The maximum atomic E-state index is 12.2. The molecule has 0 N–H and O–H groups in total. The van der Waals surface area contributed by atoms with Crippen LogP contribution in [0.15, 0.2) is 58.1 Å². The van der Waals surface area contributed by atoms with E-state index < -0.39 is 4.92 Å². The third-order valence-corrected chi connectivity index (χ3v) is 3.12. The molecule has 2 aromatic heterocycles. The number of hydrogen-bond donors (Lipinski definition) is 0. The van der Waals surface area contributed by atoms with Gasteiger partial charge in [-0.1, -0.05) is 18.2 Å². The van der Waals surface area contributed by atoms with Crippen molar-refractivity contribution in [1.82, 2.24) is 4.57 Å². The van der Waals surface area contributed by atoms with Crippen LogP contribution in [0.5, 0.6) is 0 Å². The average molecular weight is 270 g/mol. The third-order valence-electron chi connectivity index (χ3n) is 3.12. The van der Waals surface area contributed by atoms with Crippen LogP contribution in [0.2, 0.25) is 0 Å². The second-order valence-corrected chi connectivity index (χ2v) is 4.33. The van der Waals surface area contributed by atoms with Gasteiger partial charge in [0.05, 0.1) is 23.1 Å². The molecule has 0 saturated carbocycles. The van der Waals surface area contributed by atoms with Crippen LogP contribution >= 0.6 is 0 Å². The summed E-state index contributed by atoms with van der Waals surface area (Å²) in [6.07, 6.45) is 3.02. The zero-order valence-corrected chi connectivity index (χ0v) is 10.4. The lowest BCUT2D eigenvalue weighted by Crippen LogP contribution is -2.19. The lowest BCUT2D eigenvalue weighted by Gasteiger charge is -2.06. The van der Waals surface area contributed by atoms with Crippen LogP contribution in [0.25, 0.3) is 11.0 Å². The molecule has 0 saturated heterocycles. The Kier molecular flexibility index (Phi) is 2.83. The Hall–Kier alpha value is -2.89. The van der Waals surface area contributed by atoms with Crippen molar-refractivity contribution in [3.8, 4) is 0 Å². The minimum atomic E-state index is -0.448. The molecule has 0 amide bonds. The lowest BCUT2D eigenvalue weighted by atomic mass is 10.2. The SMILES string of the molecule is O=c1c2ccoc2ccn1Cc1ccccc1[N+](=O)[O-]. The number of hydrogen-bond acceptors (Lipinski definition) is 4. The summed E-state index contributed by atoms with van der Waals surface area (Å²) in [5.74, 6) is 0. The monoisotopic (exact) mass is 270 g/mol. The van der Waals surface area contributed by atoms with Crippen LogP contribution in [0.3, 0.4) is 0 Å². The van der Waals surface area contributed by atoms with E-state index in [1.807, 2.05) is 0 Å². The van der Waals surface area contributed by atoms with Gasteiger partial charge in [0.15, 0.2) is 0 Å². The van der Waals surface area contributed by atoms with Gasteiger partial charge >= 0.3 is 0 Å². The molecule has 3 aromatic rings. The first kappa shape index (κ1) is 12.2. The van der Waals surface area contributed by atoms with Gasteiger partial charge in [0.1, 0.15) is 5.58 Å². The molecule has 2 heterocycles. The minimum Gasteiger partial charge on any atom is -0.464 e. The standard InChI is InChI=1S/C14H10N2O4/c17-14-11-6-8-20-13(11)5-7-15(14)9-10-3-1-2-4-12(10)16(18)19/h1-8H,9H2. The van der Waals surface area contributed by atoms with Gasteiger partial charge in [-0.25, -0.2) is 0 Å². The molecule has 6 nitrogen and oxygen atoms in total. The summed E-state index contributed by atoms with van der Waals surface area (Å²) in [4.78, 5) is 22.7. The van der Waals surface area contributed by atoms with Crippen LogP contribution < -0.4 is 5.56 Å². The number of furan rings is 1. The summed E-state index contributed by atoms with van der Waals surface area (Å²) >= 11 is 0. The second kappa shape index (κ2) is 4.65. The Morgan fingerprint density at radius 2 is 2.00 bits per heavy atom. The number of pyridine rings is 1. The number of fused-ring (bicyclic) bond motifs is 1. The first-order valence-corrected chi connectivity index (χ1v) is 5.96. The van der Waals surface area contributed by atoms with E-state index in [0.29, 0.717) is 16.5 Å². The summed E-state index contributed by atoms with van der Waals surface area (Å²) in [5, 5.41) is 11.4. The van der Waals surface area contributed by atoms with E-state index in [2.05, 4.69) is 0 Å². The van der Waals surface area contributed by atoms with E-state index in [9.17, 15) is 14.9 Å². The summed E-state index contributed by atoms with van der Waals surface area (Å²) in [5.41, 5.74) is 0.775. The Morgan fingerprint density at radius 1 is 1.20 bits per heavy atom. The topological polar surface area (TPSA) is 78.3 Å². The van der Waals surface area contributed by atoms with Gasteiger partial charge in [-0.3, -0.25) is 14.9 Å². The summed E-state index contributed by atoms with van der Waals surface area (Å²) in [7, 11) is 0. The quantitative estimate of drug-likeness (QED) is 0.541.